The number of halogens is 1. The zero-order valence-electron chi connectivity index (χ0n) is 10.1. The Bertz CT molecular complexity index is 585. The molecule has 0 aliphatic carbocycles. The van der Waals surface area contributed by atoms with Crippen LogP contribution in [-0.2, 0) is 0 Å². The Hall–Kier alpha value is -1.80. The molecule has 0 spiro atoms. The number of hydrogen-bond donors (Lipinski definition) is 0. The van der Waals surface area contributed by atoms with Gasteiger partial charge < -0.3 is 0 Å². The molecular weight excluding hydrogens is 243 g/mol. The molecule has 0 aromatic heterocycles. The highest BCUT2D eigenvalue weighted by atomic mass is 32.1. The van der Waals surface area contributed by atoms with E-state index in [4.69, 9.17) is 12.2 Å². The van der Waals surface area contributed by atoms with Gasteiger partial charge in [-0.15, -0.1) is 0 Å². The zero-order valence-corrected chi connectivity index (χ0v) is 10.9. The Morgan fingerprint density at radius 2 is 1.83 bits per heavy atom. The molecule has 0 radical (unpaired) electrons. The van der Waals surface area contributed by atoms with Gasteiger partial charge in [-0.2, -0.15) is 0 Å². The van der Waals surface area contributed by atoms with Crippen molar-refractivity contribution in [2.24, 2.45) is 0 Å². The summed E-state index contributed by atoms with van der Waals surface area (Å²) in [5.74, 6) is -0.192. The first-order valence-electron chi connectivity index (χ1n) is 5.70. The molecule has 2 aromatic rings. The summed E-state index contributed by atoms with van der Waals surface area (Å²) < 4.78 is 13.4. The van der Waals surface area contributed by atoms with Crippen LogP contribution in [0.3, 0.4) is 0 Å². The number of hydrogen-bond acceptors (Lipinski definition) is 1. The van der Waals surface area contributed by atoms with Gasteiger partial charge in [-0.25, -0.2) is 4.39 Å². The van der Waals surface area contributed by atoms with E-state index in [9.17, 15) is 4.39 Å². The van der Waals surface area contributed by atoms with Crippen molar-refractivity contribution in [2.45, 2.75) is 6.92 Å². The van der Waals surface area contributed by atoms with Crippen LogP contribution in [0.4, 0.5) is 4.39 Å². The average Bonchev–Trinajstić information content (AvgIpc) is 2.41. The van der Waals surface area contributed by atoms with Crippen molar-refractivity contribution < 1.29 is 4.39 Å². The summed E-state index contributed by atoms with van der Waals surface area (Å²) in [4.78, 5) is 0.747. The van der Waals surface area contributed by atoms with Gasteiger partial charge in [0, 0.05) is 4.86 Å². The summed E-state index contributed by atoms with van der Waals surface area (Å²) in [5.41, 5.74) is 2.46. The molecule has 0 fully saturated rings. The molecule has 90 valence electrons. The lowest BCUT2D eigenvalue weighted by Gasteiger charge is -1.99. The number of thiocarbonyl (C=S) groups is 1. The first-order valence-corrected chi connectivity index (χ1v) is 6.11. The predicted molar refractivity (Wildman–Crippen MR) is 78.3 cm³/mol. The van der Waals surface area contributed by atoms with Gasteiger partial charge >= 0.3 is 0 Å². The van der Waals surface area contributed by atoms with E-state index in [0.717, 1.165) is 16.0 Å². The van der Waals surface area contributed by atoms with Gasteiger partial charge in [-0.05, 0) is 35.8 Å². The minimum atomic E-state index is -0.192. The van der Waals surface area contributed by atoms with Gasteiger partial charge in [0.05, 0.1) is 0 Å². The minimum absolute atomic E-state index is 0.192. The molecule has 0 saturated carbocycles. The Morgan fingerprint density at radius 3 is 2.50 bits per heavy atom. The maximum atomic E-state index is 13.4. The van der Waals surface area contributed by atoms with E-state index < -0.39 is 0 Å². The molecule has 0 unspecified atom stereocenters. The van der Waals surface area contributed by atoms with E-state index in [1.807, 2.05) is 48.6 Å². The fraction of sp³-hybridized carbons (Fsp3) is 0.0625. The number of allylic oxidation sites excluding steroid dienone is 1. The quantitative estimate of drug-likeness (QED) is 0.440. The highest BCUT2D eigenvalue weighted by Gasteiger charge is 1.98. The Balaban J connectivity index is 2.16. The molecule has 2 rings (SSSR count). The SMILES string of the molecule is Cc1ccc(C=CC(=S)c2ccccc2)cc1F. The van der Waals surface area contributed by atoms with Crippen LogP contribution < -0.4 is 0 Å². The molecule has 2 aromatic carbocycles. The van der Waals surface area contributed by atoms with Crippen LogP contribution in [0.25, 0.3) is 6.08 Å². The first-order chi connectivity index (χ1) is 8.66. The Morgan fingerprint density at radius 1 is 1.11 bits per heavy atom. The van der Waals surface area contributed by atoms with Crippen molar-refractivity contribution in [1.82, 2.24) is 0 Å². The molecular formula is C16H13FS. The van der Waals surface area contributed by atoms with E-state index in [0.29, 0.717) is 5.56 Å². The summed E-state index contributed by atoms with van der Waals surface area (Å²) in [5, 5.41) is 0. The van der Waals surface area contributed by atoms with Crippen molar-refractivity contribution >= 4 is 23.2 Å². The second kappa shape index (κ2) is 5.69. The smallest absolute Gasteiger partial charge is 0.126 e. The molecule has 0 amide bonds. The average molecular weight is 256 g/mol. The van der Waals surface area contributed by atoms with E-state index in [2.05, 4.69) is 0 Å². The highest BCUT2D eigenvalue weighted by Crippen LogP contribution is 2.11. The second-order valence-corrected chi connectivity index (χ2v) is 4.51. The van der Waals surface area contributed by atoms with E-state index in [1.165, 1.54) is 6.07 Å². The molecule has 0 bridgehead atoms. The normalized spacial score (nSPS) is 10.8. The maximum Gasteiger partial charge on any atom is 0.126 e. The number of rotatable bonds is 3. The molecule has 0 heterocycles. The van der Waals surface area contributed by atoms with Gasteiger partial charge in [0.1, 0.15) is 5.82 Å². The van der Waals surface area contributed by atoms with E-state index in [-0.39, 0.29) is 5.82 Å². The minimum Gasteiger partial charge on any atom is -0.207 e. The Labute approximate surface area is 112 Å². The monoisotopic (exact) mass is 256 g/mol. The van der Waals surface area contributed by atoms with Crippen LogP contribution in [0.1, 0.15) is 16.7 Å². The molecule has 0 atom stereocenters. The number of aryl methyl sites for hydroxylation is 1. The summed E-state index contributed by atoms with van der Waals surface area (Å²) in [6.45, 7) is 1.75. The third kappa shape index (κ3) is 3.11. The lowest BCUT2D eigenvalue weighted by molar-refractivity contribution is 0.618. The summed E-state index contributed by atoms with van der Waals surface area (Å²) in [6, 6.07) is 14.9. The van der Waals surface area contributed by atoms with E-state index in [1.54, 1.807) is 13.0 Å². The van der Waals surface area contributed by atoms with Crippen molar-refractivity contribution in [1.29, 1.82) is 0 Å². The molecule has 0 aliphatic heterocycles. The second-order valence-electron chi connectivity index (χ2n) is 4.07. The molecule has 0 aliphatic rings. The summed E-state index contributed by atoms with van der Waals surface area (Å²) >= 11 is 5.30. The standard InChI is InChI=1S/C16H13FS/c1-12-7-8-13(11-15(12)17)9-10-16(18)14-5-3-2-4-6-14/h2-11H,1H3. The molecule has 0 saturated heterocycles. The van der Waals surface area contributed by atoms with Crippen molar-refractivity contribution in [3.63, 3.8) is 0 Å². The van der Waals surface area contributed by atoms with Gasteiger partial charge in [0.2, 0.25) is 0 Å². The van der Waals surface area contributed by atoms with E-state index >= 15 is 0 Å². The van der Waals surface area contributed by atoms with Crippen molar-refractivity contribution in [3.8, 4) is 0 Å². The third-order valence-electron chi connectivity index (χ3n) is 2.68. The van der Waals surface area contributed by atoms with Crippen molar-refractivity contribution in [3.05, 3.63) is 77.1 Å². The highest BCUT2D eigenvalue weighted by molar-refractivity contribution is 7.81. The number of benzene rings is 2. The van der Waals surface area contributed by atoms with Gasteiger partial charge in [-0.3, -0.25) is 0 Å². The molecule has 0 N–H and O–H groups in total. The lowest BCUT2D eigenvalue weighted by atomic mass is 10.1. The van der Waals surface area contributed by atoms with Gasteiger partial charge in [0.25, 0.3) is 0 Å². The van der Waals surface area contributed by atoms with Crippen molar-refractivity contribution in [2.75, 3.05) is 0 Å². The summed E-state index contributed by atoms with van der Waals surface area (Å²) in [6.07, 6.45) is 3.66. The van der Waals surface area contributed by atoms with Crippen LogP contribution in [0.2, 0.25) is 0 Å². The summed E-state index contributed by atoms with van der Waals surface area (Å²) in [7, 11) is 0. The van der Waals surface area contributed by atoms with Crippen LogP contribution in [0.15, 0.2) is 54.6 Å². The largest absolute Gasteiger partial charge is 0.207 e. The fourth-order valence-electron chi connectivity index (χ4n) is 1.58. The first kappa shape index (κ1) is 12.7. The molecule has 0 nitrogen and oxygen atoms in total. The van der Waals surface area contributed by atoms with Crippen LogP contribution in [0, 0.1) is 12.7 Å². The lowest BCUT2D eigenvalue weighted by Crippen LogP contribution is -1.91. The molecule has 2 heteroatoms. The molecule has 18 heavy (non-hydrogen) atoms. The predicted octanol–water partition coefficient (Wildman–Crippen LogP) is 4.57. The van der Waals surface area contributed by atoms with Crippen LogP contribution >= 0.6 is 12.2 Å². The topological polar surface area (TPSA) is 0 Å². The third-order valence-corrected chi connectivity index (χ3v) is 3.05. The Kier molecular flexibility index (Phi) is 4.00. The van der Waals surface area contributed by atoms with Gasteiger partial charge in [0.15, 0.2) is 0 Å². The maximum absolute atomic E-state index is 13.4. The zero-order chi connectivity index (χ0) is 13.0. The van der Waals surface area contributed by atoms with Gasteiger partial charge in [-0.1, -0.05) is 60.8 Å². The van der Waals surface area contributed by atoms with Crippen LogP contribution in [-0.4, -0.2) is 4.86 Å². The van der Waals surface area contributed by atoms with Crippen LogP contribution in [0.5, 0.6) is 0 Å². The fourth-order valence-corrected chi connectivity index (χ4v) is 1.79.